The van der Waals surface area contributed by atoms with E-state index < -0.39 is 17.7 Å². The van der Waals surface area contributed by atoms with Gasteiger partial charge in [0.15, 0.2) is 0 Å². The van der Waals surface area contributed by atoms with Crippen LogP contribution in [0.1, 0.15) is 22.3 Å². The Kier molecular flexibility index (Phi) is 4.62. The molecule has 160 valence electrons. The molecule has 0 spiro atoms. The highest BCUT2D eigenvalue weighted by Gasteiger charge is 2.30. The molecule has 1 aliphatic rings. The smallest absolute Gasteiger partial charge is 0.416 e. The minimum Gasteiger partial charge on any atom is -0.481 e. The number of nitrogens with zero attached hydrogens (tertiary/aromatic N) is 2. The monoisotopic (exact) mass is 434 g/mol. The van der Waals surface area contributed by atoms with E-state index in [1.807, 2.05) is 30.3 Å². The Balaban J connectivity index is 1.59. The summed E-state index contributed by atoms with van der Waals surface area (Å²) in [5.74, 6) is -1.04. The highest BCUT2D eigenvalue weighted by Crippen LogP contribution is 2.39. The van der Waals surface area contributed by atoms with Crippen molar-refractivity contribution in [2.75, 3.05) is 0 Å². The van der Waals surface area contributed by atoms with Gasteiger partial charge in [-0.2, -0.15) is 18.3 Å². The maximum Gasteiger partial charge on any atom is 0.416 e. The van der Waals surface area contributed by atoms with Gasteiger partial charge < -0.3 is 5.11 Å². The number of hydrogen-bond acceptors (Lipinski definition) is 2. The molecule has 5 rings (SSSR count). The minimum absolute atomic E-state index is 0.214. The Labute approximate surface area is 181 Å². The number of benzene rings is 3. The minimum atomic E-state index is -4.48. The predicted molar refractivity (Wildman–Crippen MR) is 114 cm³/mol. The summed E-state index contributed by atoms with van der Waals surface area (Å²) in [5.41, 5.74) is 5.68. The third-order valence-electron chi connectivity index (χ3n) is 5.64. The van der Waals surface area contributed by atoms with Gasteiger partial charge in [0.25, 0.3) is 0 Å². The molecule has 0 aliphatic heterocycles. The summed E-state index contributed by atoms with van der Waals surface area (Å²) in [5, 5.41) is 13.8. The van der Waals surface area contributed by atoms with Crippen LogP contribution in [0.5, 0.6) is 0 Å². The molecule has 4 aromatic rings. The van der Waals surface area contributed by atoms with Crippen molar-refractivity contribution in [2.45, 2.75) is 19.0 Å². The van der Waals surface area contributed by atoms with Gasteiger partial charge in [-0.3, -0.25) is 4.79 Å². The fourth-order valence-corrected chi connectivity index (χ4v) is 4.19. The molecule has 32 heavy (non-hydrogen) atoms. The molecule has 0 saturated carbocycles. The lowest BCUT2D eigenvalue weighted by molar-refractivity contribution is -0.138. The lowest BCUT2D eigenvalue weighted by atomic mass is 10.00. The number of carboxylic acid groups (broad SMARTS) is 1. The Morgan fingerprint density at radius 2 is 1.75 bits per heavy atom. The van der Waals surface area contributed by atoms with Gasteiger partial charge in [-0.25, -0.2) is 4.68 Å². The lowest BCUT2D eigenvalue weighted by Crippen LogP contribution is -2.06. The first-order chi connectivity index (χ1) is 15.3. The highest BCUT2D eigenvalue weighted by atomic mass is 19.4. The maximum absolute atomic E-state index is 13.1. The number of aliphatic carboxylic acids is 1. The molecule has 0 atom stereocenters. The molecule has 0 radical (unpaired) electrons. The first kappa shape index (κ1) is 20.1. The van der Waals surface area contributed by atoms with Crippen molar-refractivity contribution in [2.24, 2.45) is 0 Å². The van der Waals surface area contributed by atoms with E-state index in [0.717, 1.165) is 35.2 Å². The van der Waals surface area contributed by atoms with Crippen LogP contribution in [-0.4, -0.2) is 20.9 Å². The van der Waals surface area contributed by atoms with Crippen molar-refractivity contribution in [3.8, 4) is 28.1 Å². The second-order valence-electron chi connectivity index (χ2n) is 7.77. The quantitative estimate of drug-likeness (QED) is 0.392. The zero-order chi connectivity index (χ0) is 22.5. The number of halogens is 3. The zero-order valence-electron chi connectivity index (χ0n) is 16.7. The molecule has 0 bridgehead atoms. The Hall–Kier alpha value is -3.87. The summed E-state index contributed by atoms with van der Waals surface area (Å²) in [6, 6.07) is 18.8. The number of fused-ring (bicyclic) bond motifs is 3. The van der Waals surface area contributed by atoms with Crippen LogP contribution in [-0.2, 0) is 23.8 Å². The second-order valence-corrected chi connectivity index (χ2v) is 7.77. The first-order valence-corrected chi connectivity index (χ1v) is 9.99. The highest BCUT2D eigenvalue weighted by molar-refractivity contribution is 5.81. The van der Waals surface area contributed by atoms with E-state index >= 15 is 0 Å². The fraction of sp³-hybridized carbons (Fsp3) is 0.120. The van der Waals surface area contributed by atoms with E-state index in [-0.39, 0.29) is 12.1 Å². The van der Waals surface area contributed by atoms with Gasteiger partial charge in [-0.1, -0.05) is 42.5 Å². The summed E-state index contributed by atoms with van der Waals surface area (Å²) < 4.78 is 40.7. The largest absolute Gasteiger partial charge is 0.481 e. The van der Waals surface area contributed by atoms with Crippen molar-refractivity contribution < 1.29 is 23.1 Å². The summed E-state index contributed by atoms with van der Waals surface area (Å²) in [6.45, 7) is 0. The average Bonchev–Trinajstić information content (AvgIpc) is 3.33. The van der Waals surface area contributed by atoms with Gasteiger partial charge in [0, 0.05) is 17.3 Å². The zero-order valence-corrected chi connectivity index (χ0v) is 16.7. The van der Waals surface area contributed by atoms with Crippen molar-refractivity contribution in [3.63, 3.8) is 0 Å². The Morgan fingerprint density at radius 3 is 2.53 bits per heavy atom. The molecular weight excluding hydrogens is 417 g/mol. The van der Waals surface area contributed by atoms with Crippen molar-refractivity contribution in [1.29, 1.82) is 0 Å². The molecule has 1 aromatic heterocycles. The van der Waals surface area contributed by atoms with Crippen molar-refractivity contribution >= 4 is 5.97 Å². The van der Waals surface area contributed by atoms with Gasteiger partial charge in [0.2, 0.25) is 0 Å². The van der Waals surface area contributed by atoms with Gasteiger partial charge in [-0.15, -0.1) is 0 Å². The molecule has 0 unspecified atom stereocenters. The molecule has 3 aromatic carbocycles. The Bertz CT molecular complexity index is 1360. The number of rotatable bonds is 4. The predicted octanol–water partition coefficient (Wildman–Crippen LogP) is 5.76. The average molecular weight is 434 g/mol. The van der Waals surface area contributed by atoms with Gasteiger partial charge >= 0.3 is 12.1 Å². The number of carboxylic acids is 1. The first-order valence-electron chi connectivity index (χ1n) is 9.99. The van der Waals surface area contributed by atoms with Crippen LogP contribution in [0.4, 0.5) is 13.2 Å². The normalized spacial score (nSPS) is 12.5. The topological polar surface area (TPSA) is 55.1 Å². The van der Waals surface area contributed by atoms with Crippen molar-refractivity contribution in [1.82, 2.24) is 9.78 Å². The van der Waals surface area contributed by atoms with E-state index in [9.17, 15) is 23.1 Å². The van der Waals surface area contributed by atoms with Crippen LogP contribution >= 0.6 is 0 Å². The summed E-state index contributed by atoms with van der Waals surface area (Å²) >= 11 is 0. The third-order valence-corrected chi connectivity index (χ3v) is 5.64. The number of aromatic nitrogens is 2. The van der Waals surface area contributed by atoms with Gasteiger partial charge in [-0.05, 0) is 52.9 Å². The number of carbonyl (C=O) groups is 1. The molecule has 0 amide bonds. The van der Waals surface area contributed by atoms with E-state index in [2.05, 4.69) is 17.2 Å². The summed E-state index contributed by atoms with van der Waals surface area (Å²) in [7, 11) is 0. The van der Waals surface area contributed by atoms with Crippen molar-refractivity contribution in [3.05, 3.63) is 95.2 Å². The van der Waals surface area contributed by atoms with Crippen LogP contribution in [0, 0.1) is 0 Å². The number of alkyl halides is 3. The molecule has 0 saturated heterocycles. The summed E-state index contributed by atoms with van der Waals surface area (Å²) in [4.78, 5) is 11.4. The van der Waals surface area contributed by atoms with E-state index in [0.29, 0.717) is 11.3 Å². The van der Waals surface area contributed by atoms with Crippen LogP contribution in [0.25, 0.3) is 28.1 Å². The number of hydrogen-bond donors (Lipinski definition) is 1. The fourth-order valence-electron chi connectivity index (χ4n) is 4.19. The van der Waals surface area contributed by atoms with Gasteiger partial charge in [0.1, 0.15) is 0 Å². The molecule has 7 heteroatoms. The SMILES string of the molecule is O=C(O)Cc1cn(-c2cccc(C(F)(F)F)c2)nc1-c1ccc2c(c1)Cc1ccccc1-2. The maximum atomic E-state index is 13.1. The molecule has 1 aliphatic carbocycles. The second kappa shape index (κ2) is 7.37. The van der Waals surface area contributed by atoms with Gasteiger partial charge in [0.05, 0.1) is 23.4 Å². The standard InChI is InChI=1S/C25H17F3N2O2/c26-25(27,28)19-5-3-6-20(13-19)30-14-18(12-23(31)32)24(29-30)16-8-9-22-17(11-16)10-15-4-1-2-7-21(15)22/h1-9,11,13-14H,10,12H2,(H,31,32). The molecule has 4 nitrogen and oxygen atoms in total. The molecular formula is C25H17F3N2O2. The lowest BCUT2D eigenvalue weighted by Gasteiger charge is -2.08. The Morgan fingerprint density at radius 1 is 0.969 bits per heavy atom. The summed E-state index contributed by atoms with van der Waals surface area (Å²) in [6.07, 6.45) is -2.51. The van der Waals surface area contributed by atoms with E-state index in [1.165, 1.54) is 34.1 Å². The third kappa shape index (κ3) is 3.56. The van der Waals surface area contributed by atoms with Crippen LogP contribution in [0.3, 0.4) is 0 Å². The molecule has 0 fully saturated rings. The van der Waals surface area contributed by atoms with Crippen LogP contribution < -0.4 is 0 Å². The molecule has 1 heterocycles. The van der Waals surface area contributed by atoms with Crippen LogP contribution in [0.15, 0.2) is 72.9 Å². The van der Waals surface area contributed by atoms with Crippen LogP contribution in [0.2, 0.25) is 0 Å². The molecule has 1 N–H and O–H groups in total. The van der Waals surface area contributed by atoms with E-state index in [1.54, 1.807) is 0 Å². The van der Waals surface area contributed by atoms with E-state index in [4.69, 9.17) is 0 Å².